The second-order valence-corrected chi connectivity index (χ2v) is 11.6. The van der Waals surface area contributed by atoms with E-state index in [1.54, 1.807) is 11.8 Å². The summed E-state index contributed by atoms with van der Waals surface area (Å²) in [6.07, 6.45) is -1.21. The molecule has 0 saturated carbocycles. The van der Waals surface area contributed by atoms with Gasteiger partial charge in [0, 0.05) is 36.8 Å². The number of likely N-dealkylation sites (tertiary alicyclic amines) is 2. The van der Waals surface area contributed by atoms with Crippen molar-refractivity contribution in [1.82, 2.24) is 20.0 Å². The number of aliphatic hydroxyl groups excluding tert-OH is 1. The highest BCUT2D eigenvalue weighted by molar-refractivity contribution is 8.03. The highest BCUT2D eigenvalue weighted by Gasteiger charge is 2.60. The van der Waals surface area contributed by atoms with Gasteiger partial charge in [-0.3, -0.25) is 24.2 Å². The number of hydrogen-bond donors (Lipinski definition) is 5. The number of ether oxygens (including phenoxy) is 1. The minimum Gasteiger partial charge on any atom is -0.449 e. The number of thioether (sulfide) groups is 1. The van der Waals surface area contributed by atoms with Crippen molar-refractivity contribution in [1.29, 1.82) is 0 Å². The van der Waals surface area contributed by atoms with Crippen molar-refractivity contribution in [2.24, 2.45) is 28.3 Å². The molecule has 38 heavy (non-hydrogen) atoms. The van der Waals surface area contributed by atoms with E-state index in [0.717, 1.165) is 0 Å². The van der Waals surface area contributed by atoms with Crippen molar-refractivity contribution in [2.45, 2.75) is 56.2 Å². The zero-order valence-corrected chi connectivity index (χ0v) is 22.4. The third-order valence-electron chi connectivity index (χ3n) is 7.61. The monoisotopic (exact) mass is 553 g/mol. The number of hydrogen-bond acceptors (Lipinski definition) is 9. The first-order valence-electron chi connectivity index (χ1n) is 12.6. The van der Waals surface area contributed by atoms with Crippen molar-refractivity contribution >= 4 is 41.6 Å². The Kier molecular flexibility index (Phi) is 8.09. The van der Waals surface area contributed by atoms with Crippen LogP contribution in [0.15, 0.2) is 15.8 Å². The number of nitrogens with two attached hydrogens (primary N) is 2. The van der Waals surface area contributed by atoms with Crippen LogP contribution >= 0.6 is 11.8 Å². The lowest BCUT2D eigenvalue weighted by molar-refractivity contribution is -0.163. The van der Waals surface area contributed by atoms with Crippen molar-refractivity contribution in [3.05, 3.63) is 10.8 Å². The normalized spacial score (nSPS) is 31.6. The van der Waals surface area contributed by atoms with E-state index in [-0.39, 0.29) is 65.4 Å². The second kappa shape index (κ2) is 11.0. The summed E-state index contributed by atoms with van der Waals surface area (Å²) in [5.41, 5.74) is 10.5. The van der Waals surface area contributed by atoms with Crippen molar-refractivity contribution in [3.8, 4) is 0 Å². The maximum absolute atomic E-state index is 13.3. The molecule has 210 valence electrons. The Morgan fingerprint density at radius 3 is 2.63 bits per heavy atom. The number of aliphatic hydroxyl groups is 1. The number of nitrogens with zero attached hydrogens (tertiary/aromatic N) is 4. The van der Waals surface area contributed by atoms with Crippen LogP contribution in [0.3, 0.4) is 0 Å². The van der Waals surface area contributed by atoms with E-state index in [1.807, 2.05) is 18.9 Å². The SMILES string of the molecule is CC(O)C1C(=O)N2C(OC(=O)O)=C(SC3CC(C(=O)N4CCC(NC(=O)CN=C(N)N)C4)N(C)C3)C(C)[C@@H]12. The molecule has 6 unspecified atom stereocenters. The Balaban J connectivity index is 1.38. The standard InChI is InChI=1S/C23H35N7O7S/c1-10-17-16(11(2)31)20(34)30(17)21(37-23(35)36)18(10)38-13-6-14(28(3)9-13)19(33)29-5-4-12(8-29)27-15(32)7-26-22(24)25/h10-14,16-17,31H,4-9H2,1-3H3,(H,27,32)(H,35,36)(H4,24,25,26)/t10?,11?,12?,13?,14?,16?,17-/m0/s1. The molecule has 3 amide bonds. The molecule has 7 N–H and O–H groups in total. The molecule has 0 spiro atoms. The van der Waals surface area contributed by atoms with Crippen LogP contribution < -0.4 is 16.8 Å². The highest BCUT2D eigenvalue weighted by atomic mass is 32.2. The van der Waals surface area contributed by atoms with Gasteiger partial charge < -0.3 is 36.6 Å². The van der Waals surface area contributed by atoms with E-state index in [9.17, 15) is 29.4 Å². The van der Waals surface area contributed by atoms with Gasteiger partial charge in [-0.05, 0) is 26.8 Å². The van der Waals surface area contributed by atoms with Crippen molar-refractivity contribution in [2.75, 3.05) is 33.2 Å². The maximum Gasteiger partial charge on any atom is 0.512 e. The maximum atomic E-state index is 13.3. The molecule has 3 saturated heterocycles. The van der Waals surface area contributed by atoms with Gasteiger partial charge in [0.25, 0.3) is 0 Å². The first-order chi connectivity index (χ1) is 17.9. The summed E-state index contributed by atoms with van der Waals surface area (Å²) in [5, 5.41) is 22.2. The lowest BCUT2D eigenvalue weighted by Crippen LogP contribution is -2.63. The average molecular weight is 554 g/mol. The van der Waals surface area contributed by atoms with E-state index in [2.05, 4.69) is 10.3 Å². The summed E-state index contributed by atoms with van der Waals surface area (Å²) >= 11 is 1.43. The molecule has 15 heteroatoms. The molecular formula is C23H35N7O7S. The summed E-state index contributed by atoms with van der Waals surface area (Å²) in [7, 11) is 1.87. The van der Waals surface area contributed by atoms with Gasteiger partial charge in [0.15, 0.2) is 5.96 Å². The zero-order valence-electron chi connectivity index (χ0n) is 21.6. The molecule has 4 heterocycles. The van der Waals surface area contributed by atoms with Crippen LogP contribution in [-0.2, 0) is 19.1 Å². The lowest BCUT2D eigenvalue weighted by Gasteiger charge is -2.45. The number of guanidine groups is 1. The van der Waals surface area contributed by atoms with Gasteiger partial charge in [-0.1, -0.05) is 6.92 Å². The summed E-state index contributed by atoms with van der Waals surface area (Å²) in [6, 6.07) is -0.907. The molecule has 4 aliphatic heterocycles. The minimum absolute atomic E-state index is 0.0122. The molecule has 4 rings (SSSR count). The quantitative estimate of drug-likeness (QED) is 0.101. The summed E-state index contributed by atoms with van der Waals surface area (Å²) in [6.45, 7) is 4.78. The van der Waals surface area contributed by atoms with Crippen LogP contribution in [0.5, 0.6) is 0 Å². The smallest absolute Gasteiger partial charge is 0.449 e. The molecule has 0 radical (unpaired) electrons. The van der Waals surface area contributed by atoms with E-state index in [0.29, 0.717) is 37.4 Å². The van der Waals surface area contributed by atoms with Gasteiger partial charge in [0.2, 0.25) is 23.6 Å². The number of likely N-dealkylation sites (N-methyl/N-ethyl adjacent to an activating group) is 1. The summed E-state index contributed by atoms with van der Waals surface area (Å²) in [5.74, 6) is -1.67. The number of amides is 3. The fraction of sp³-hybridized carbons (Fsp3) is 0.696. The van der Waals surface area contributed by atoms with Crippen LogP contribution in [0.25, 0.3) is 0 Å². The van der Waals surface area contributed by atoms with Crippen LogP contribution in [0.2, 0.25) is 0 Å². The highest BCUT2D eigenvalue weighted by Crippen LogP contribution is 2.52. The Morgan fingerprint density at radius 1 is 1.29 bits per heavy atom. The van der Waals surface area contributed by atoms with Crippen molar-refractivity contribution in [3.63, 3.8) is 0 Å². The predicted octanol–water partition coefficient (Wildman–Crippen LogP) is -1.50. The number of β-lactam (4-membered cyclic amide) rings is 1. The Labute approximate surface area is 224 Å². The summed E-state index contributed by atoms with van der Waals surface area (Å²) in [4.78, 5) is 58.8. The molecule has 0 aromatic rings. The average Bonchev–Trinajstić information content (AvgIpc) is 3.48. The molecule has 0 aromatic carbocycles. The van der Waals surface area contributed by atoms with Gasteiger partial charge in [-0.2, -0.15) is 0 Å². The molecule has 4 aliphatic rings. The topological polar surface area (TPSA) is 204 Å². The fourth-order valence-electron chi connectivity index (χ4n) is 5.83. The number of fused-ring (bicyclic) bond motifs is 1. The lowest BCUT2D eigenvalue weighted by atomic mass is 9.79. The Morgan fingerprint density at radius 2 is 2.00 bits per heavy atom. The number of carbonyl (C=O) groups excluding carboxylic acids is 3. The first-order valence-corrected chi connectivity index (χ1v) is 13.4. The van der Waals surface area contributed by atoms with E-state index < -0.39 is 18.2 Å². The van der Waals surface area contributed by atoms with Crippen molar-refractivity contribution < 1.29 is 34.1 Å². The third kappa shape index (κ3) is 5.40. The van der Waals surface area contributed by atoms with Gasteiger partial charge in [-0.25, -0.2) is 9.79 Å². The van der Waals surface area contributed by atoms with Crippen LogP contribution in [0.1, 0.15) is 26.7 Å². The minimum atomic E-state index is -1.51. The number of carbonyl (C=O) groups is 4. The first kappa shape index (κ1) is 28.0. The molecule has 7 atom stereocenters. The number of aliphatic imine (C=N–C) groups is 1. The van der Waals surface area contributed by atoms with E-state index >= 15 is 0 Å². The van der Waals surface area contributed by atoms with E-state index in [1.165, 1.54) is 16.7 Å². The molecule has 0 aromatic heterocycles. The summed E-state index contributed by atoms with van der Waals surface area (Å²) < 4.78 is 5.05. The molecule has 3 fully saturated rings. The largest absolute Gasteiger partial charge is 0.512 e. The van der Waals surface area contributed by atoms with Gasteiger partial charge in [0.05, 0.1) is 29.0 Å². The second-order valence-electron chi connectivity index (χ2n) is 10.3. The van der Waals surface area contributed by atoms with Crippen LogP contribution in [0.4, 0.5) is 4.79 Å². The molecule has 0 bridgehead atoms. The van der Waals surface area contributed by atoms with Gasteiger partial charge >= 0.3 is 6.16 Å². The van der Waals surface area contributed by atoms with Gasteiger partial charge in [0.1, 0.15) is 6.54 Å². The molecule has 14 nitrogen and oxygen atoms in total. The molecular weight excluding hydrogens is 518 g/mol. The third-order valence-corrected chi connectivity index (χ3v) is 9.08. The van der Waals surface area contributed by atoms with Gasteiger partial charge in [-0.15, -0.1) is 11.8 Å². The zero-order chi connectivity index (χ0) is 27.9. The van der Waals surface area contributed by atoms with Crippen LogP contribution in [-0.4, -0.2) is 117 Å². The fourth-order valence-corrected chi connectivity index (χ4v) is 7.38. The Hall–Kier alpha value is -3.04. The number of rotatable bonds is 8. The molecule has 0 aliphatic carbocycles. The van der Waals surface area contributed by atoms with Crippen LogP contribution in [0, 0.1) is 11.8 Å². The number of carboxylic acid groups (broad SMARTS) is 1. The number of nitrogens with one attached hydrogen (secondary N) is 1. The predicted molar refractivity (Wildman–Crippen MR) is 137 cm³/mol. The Bertz CT molecular complexity index is 1060. The van der Waals surface area contributed by atoms with E-state index in [4.69, 9.17) is 16.2 Å².